The highest BCUT2D eigenvalue weighted by atomic mass is 32.2. The highest BCUT2D eigenvalue weighted by Gasteiger charge is 2.32. The van der Waals surface area contributed by atoms with E-state index in [-0.39, 0.29) is 17.2 Å². The van der Waals surface area contributed by atoms with Gasteiger partial charge in [-0.15, -0.1) is 11.8 Å². The van der Waals surface area contributed by atoms with Gasteiger partial charge in [-0.2, -0.15) is 0 Å². The van der Waals surface area contributed by atoms with E-state index in [1.165, 1.54) is 5.56 Å². The topological polar surface area (TPSA) is 50.2 Å². The molecule has 0 radical (unpaired) electrons. The van der Waals surface area contributed by atoms with Gasteiger partial charge in [-0.05, 0) is 26.0 Å². The van der Waals surface area contributed by atoms with E-state index in [1.54, 1.807) is 18.0 Å². The summed E-state index contributed by atoms with van der Waals surface area (Å²) >= 11 is 1.62. The van der Waals surface area contributed by atoms with Crippen LogP contribution in [0.5, 0.6) is 0 Å². The molecule has 0 spiro atoms. The van der Waals surface area contributed by atoms with Gasteiger partial charge in [0.05, 0.1) is 5.25 Å². The van der Waals surface area contributed by atoms with Crippen molar-refractivity contribution >= 4 is 17.7 Å². The molecule has 0 saturated carbocycles. The predicted octanol–water partition coefficient (Wildman–Crippen LogP) is 2.38. The molecular formula is C18H24N4OS. The number of aromatic nitrogens is 2. The fourth-order valence-electron chi connectivity index (χ4n) is 3.00. The summed E-state index contributed by atoms with van der Waals surface area (Å²) in [7, 11) is 1.98. The second-order valence-corrected chi connectivity index (χ2v) is 7.64. The minimum atomic E-state index is -0.117. The second kappa shape index (κ2) is 7.40. The smallest absolute Gasteiger partial charge is 0.236 e. The molecule has 1 fully saturated rings. The standard InChI is InChI=1S/C18H24N4OS/c1-13-4-6-15(7-5-13)24-14(2)18(23)22-11-8-19-12-16(22)17-20-9-10-21(17)3/h4-7,9-10,14,16,19H,8,11-12H2,1-3H3. The fourth-order valence-corrected chi connectivity index (χ4v) is 3.94. The van der Waals surface area contributed by atoms with E-state index in [2.05, 4.69) is 41.5 Å². The molecule has 1 aliphatic heterocycles. The third kappa shape index (κ3) is 3.65. The summed E-state index contributed by atoms with van der Waals surface area (Å²) < 4.78 is 2.00. The quantitative estimate of drug-likeness (QED) is 0.865. The summed E-state index contributed by atoms with van der Waals surface area (Å²) in [4.78, 5) is 20.6. The molecular weight excluding hydrogens is 320 g/mol. The first kappa shape index (κ1) is 17.0. The molecule has 2 unspecified atom stereocenters. The van der Waals surface area contributed by atoms with Gasteiger partial charge in [0.25, 0.3) is 0 Å². The maximum absolute atomic E-state index is 13.0. The van der Waals surface area contributed by atoms with Crippen LogP contribution in [0.15, 0.2) is 41.6 Å². The Morgan fingerprint density at radius 2 is 2.12 bits per heavy atom. The SMILES string of the molecule is Cc1ccc(SC(C)C(=O)N2CCNCC2c2nccn2C)cc1. The first-order chi connectivity index (χ1) is 11.6. The Morgan fingerprint density at radius 3 is 2.79 bits per heavy atom. The molecule has 24 heavy (non-hydrogen) atoms. The number of aryl methyl sites for hydroxylation is 2. The number of nitrogens with zero attached hydrogens (tertiary/aromatic N) is 3. The van der Waals surface area contributed by atoms with Crippen LogP contribution in [-0.2, 0) is 11.8 Å². The van der Waals surface area contributed by atoms with Crippen LogP contribution in [0.1, 0.15) is 24.4 Å². The van der Waals surface area contributed by atoms with Gasteiger partial charge in [0, 0.05) is 44.0 Å². The molecule has 128 valence electrons. The zero-order valence-corrected chi connectivity index (χ0v) is 15.2. The van der Waals surface area contributed by atoms with Crippen LogP contribution in [0.3, 0.4) is 0 Å². The summed E-state index contributed by atoms with van der Waals surface area (Å²) in [6.45, 7) is 6.36. The molecule has 2 aromatic rings. The van der Waals surface area contributed by atoms with Gasteiger partial charge in [0.15, 0.2) is 0 Å². The molecule has 2 atom stereocenters. The van der Waals surface area contributed by atoms with Gasteiger partial charge in [0.2, 0.25) is 5.91 Å². The van der Waals surface area contributed by atoms with Crippen LogP contribution in [0, 0.1) is 6.92 Å². The first-order valence-electron chi connectivity index (χ1n) is 8.28. The highest BCUT2D eigenvalue weighted by Crippen LogP contribution is 2.28. The van der Waals surface area contributed by atoms with Crippen molar-refractivity contribution in [1.29, 1.82) is 0 Å². The van der Waals surface area contributed by atoms with E-state index in [0.717, 1.165) is 30.4 Å². The maximum atomic E-state index is 13.0. The summed E-state index contributed by atoms with van der Waals surface area (Å²) in [6, 6.07) is 8.32. The number of carbonyl (C=O) groups is 1. The molecule has 3 rings (SSSR count). The Balaban J connectivity index is 1.73. The lowest BCUT2D eigenvalue weighted by atomic mass is 10.1. The zero-order chi connectivity index (χ0) is 17.1. The molecule has 1 aromatic carbocycles. The van der Waals surface area contributed by atoms with Crippen molar-refractivity contribution in [3.63, 3.8) is 0 Å². The van der Waals surface area contributed by atoms with Gasteiger partial charge < -0.3 is 14.8 Å². The third-order valence-electron chi connectivity index (χ3n) is 4.36. The highest BCUT2D eigenvalue weighted by molar-refractivity contribution is 8.00. The van der Waals surface area contributed by atoms with E-state index in [4.69, 9.17) is 0 Å². The number of nitrogens with one attached hydrogen (secondary N) is 1. The molecule has 1 aromatic heterocycles. The van der Waals surface area contributed by atoms with Crippen LogP contribution in [0.25, 0.3) is 0 Å². The van der Waals surface area contributed by atoms with Gasteiger partial charge in [-0.25, -0.2) is 4.98 Å². The largest absolute Gasteiger partial charge is 0.336 e. The monoisotopic (exact) mass is 344 g/mol. The average molecular weight is 344 g/mol. The molecule has 6 heteroatoms. The molecule has 1 saturated heterocycles. The summed E-state index contributed by atoms with van der Waals surface area (Å²) in [5, 5.41) is 3.26. The van der Waals surface area contributed by atoms with E-state index >= 15 is 0 Å². The van der Waals surface area contributed by atoms with Crippen LogP contribution in [0.2, 0.25) is 0 Å². The summed E-state index contributed by atoms with van der Waals surface area (Å²) in [5.41, 5.74) is 1.23. The normalized spacial score (nSPS) is 19.3. The fraction of sp³-hybridized carbons (Fsp3) is 0.444. The number of hydrogen-bond donors (Lipinski definition) is 1. The van der Waals surface area contributed by atoms with E-state index in [0.29, 0.717) is 0 Å². The van der Waals surface area contributed by atoms with Gasteiger partial charge >= 0.3 is 0 Å². The van der Waals surface area contributed by atoms with Gasteiger partial charge in [-0.1, -0.05) is 17.7 Å². The van der Waals surface area contributed by atoms with Gasteiger partial charge in [-0.3, -0.25) is 4.79 Å². The molecule has 1 N–H and O–H groups in total. The number of imidazole rings is 1. The zero-order valence-electron chi connectivity index (χ0n) is 14.4. The van der Waals surface area contributed by atoms with Crippen molar-refractivity contribution < 1.29 is 4.79 Å². The van der Waals surface area contributed by atoms with Crippen molar-refractivity contribution in [3.8, 4) is 0 Å². The number of thioether (sulfide) groups is 1. The van der Waals surface area contributed by atoms with Crippen molar-refractivity contribution in [2.24, 2.45) is 7.05 Å². The average Bonchev–Trinajstić information content (AvgIpc) is 3.02. The lowest BCUT2D eigenvalue weighted by Crippen LogP contribution is -2.51. The number of hydrogen-bond acceptors (Lipinski definition) is 4. The van der Waals surface area contributed by atoms with Crippen LogP contribution in [0.4, 0.5) is 0 Å². The van der Waals surface area contributed by atoms with Crippen molar-refractivity contribution in [2.75, 3.05) is 19.6 Å². The number of rotatable bonds is 4. The lowest BCUT2D eigenvalue weighted by molar-refractivity contribution is -0.133. The van der Waals surface area contributed by atoms with Crippen LogP contribution in [-0.4, -0.2) is 45.2 Å². The first-order valence-corrected chi connectivity index (χ1v) is 9.16. The minimum absolute atomic E-state index is 0.00711. The van der Waals surface area contributed by atoms with E-state index in [1.807, 2.05) is 29.6 Å². The molecule has 0 aliphatic carbocycles. The van der Waals surface area contributed by atoms with Gasteiger partial charge in [0.1, 0.15) is 11.9 Å². The third-order valence-corrected chi connectivity index (χ3v) is 5.46. The molecule has 1 amide bonds. The summed E-state index contributed by atoms with van der Waals surface area (Å²) in [6.07, 6.45) is 3.72. The molecule has 5 nitrogen and oxygen atoms in total. The molecule has 2 heterocycles. The Hall–Kier alpha value is -1.79. The minimum Gasteiger partial charge on any atom is -0.336 e. The number of benzene rings is 1. The number of piperazine rings is 1. The Bertz CT molecular complexity index is 697. The maximum Gasteiger partial charge on any atom is 0.236 e. The Labute approximate surface area is 147 Å². The molecule has 1 aliphatic rings. The van der Waals surface area contributed by atoms with Crippen molar-refractivity contribution in [1.82, 2.24) is 19.8 Å². The predicted molar refractivity (Wildman–Crippen MR) is 97.0 cm³/mol. The van der Waals surface area contributed by atoms with Crippen molar-refractivity contribution in [2.45, 2.75) is 30.0 Å². The lowest BCUT2D eigenvalue weighted by Gasteiger charge is -2.37. The number of amides is 1. The van der Waals surface area contributed by atoms with E-state index in [9.17, 15) is 4.79 Å². The Kier molecular flexibility index (Phi) is 5.26. The second-order valence-electron chi connectivity index (χ2n) is 6.22. The van der Waals surface area contributed by atoms with E-state index < -0.39 is 0 Å². The summed E-state index contributed by atoms with van der Waals surface area (Å²) in [5.74, 6) is 1.11. The number of carbonyl (C=O) groups excluding carboxylic acids is 1. The van der Waals surface area contributed by atoms with Crippen LogP contribution < -0.4 is 5.32 Å². The van der Waals surface area contributed by atoms with Crippen LogP contribution >= 0.6 is 11.8 Å². The van der Waals surface area contributed by atoms with Crippen molar-refractivity contribution in [3.05, 3.63) is 48.0 Å². The Morgan fingerprint density at radius 1 is 1.38 bits per heavy atom. The molecule has 0 bridgehead atoms.